The lowest BCUT2D eigenvalue weighted by Crippen LogP contribution is -2.50. The number of aromatic amines is 1. The van der Waals surface area contributed by atoms with Crippen molar-refractivity contribution in [3.05, 3.63) is 62.4 Å². The zero-order chi connectivity index (χ0) is 19.8. The number of H-pyrrole nitrogens is 1. The van der Waals surface area contributed by atoms with Crippen LogP contribution in [0.1, 0.15) is 15.9 Å². The number of rotatable bonds is 2. The maximum absolute atomic E-state index is 12.9. The molecule has 0 unspecified atom stereocenters. The molecule has 7 nitrogen and oxygen atoms in total. The molecule has 144 valence electrons. The second-order valence-corrected chi connectivity index (χ2v) is 6.20. The smallest absolute Gasteiger partial charge is 0.368 e. The number of carbonyl (C=O) groups is 1. The van der Waals surface area contributed by atoms with Gasteiger partial charge in [-0.25, -0.2) is 4.79 Å². The molecule has 1 saturated heterocycles. The van der Waals surface area contributed by atoms with Gasteiger partial charge >= 0.3 is 11.9 Å². The fourth-order valence-electron chi connectivity index (χ4n) is 2.94. The Hall–Kier alpha value is -3.04. The Labute approximate surface area is 151 Å². The first-order chi connectivity index (χ1) is 12.7. The van der Waals surface area contributed by atoms with Crippen LogP contribution in [0, 0.1) is 0 Å². The van der Waals surface area contributed by atoms with E-state index in [2.05, 4.69) is 4.98 Å². The molecule has 10 heteroatoms. The number of piperazine rings is 1. The fourth-order valence-corrected chi connectivity index (χ4v) is 2.94. The van der Waals surface area contributed by atoms with Gasteiger partial charge < -0.3 is 14.8 Å². The first-order valence-corrected chi connectivity index (χ1v) is 8.18. The van der Waals surface area contributed by atoms with Gasteiger partial charge in [0.05, 0.1) is 5.56 Å². The van der Waals surface area contributed by atoms with E-state index in [4.69, 9.17) is 0 Å². The normalized spacial score (nSPS) is 15.1. The number of halogens is 3. The lowest BCUT2D eigenvalue weighted by molar-refractivity contribution is -0.137. The van der Waals surface area contributed by atoms with Crippen molar-refractivity contribution in [3.63, 3.8) is 0 Å². The minimum Gasteiger partial charge on any atom is -0.368 e. The monoisotopic (exact) mass is 382 g/mol. The predicted octanol–water partition coefficient (Wildman–Crippen LogP) is 1.05. The average Bonchev–Trinajstić information content (AvgIpc) is 2.65. The van der Waals surface area contributed by atoms with Gasteiger partial charge in [0.2, 0.25) is 0 Å². The molecule has 1 aliphatic rings. The van der Waals surface area contributed by atoms with Gasteiger partial charge in [-0.3, -0.25) is 14.2 Å². The highest BCUT2D eigenvalue weighted by Crippen LogP contribution is 2.31. The molecule has 1 N–H and O–H groups in total. The van der Waals surface area contributed by atoms with Crippen LogP contribution in [0.2, 0.25) is 0 Å². The van der Waals surface area contributed by atoms with Crippen molar-refractivity contribution < 1.29 is 18.0 Å². The first-order valence-electron chi connectivity index (χ1n) is 8.18. The number of aromatic nitrogens is 2. The van der Waals surface area contributed by atoms with Crippen LogP contribution in [0.3, 0.4) is 0 Å². The van der Waals surface area contributed by atoms with Crippen molar-refractivity contribution in [2.24, 2.45) is 7.05 Å². The molecule has 0 saturated carbocycles. The van der Waals surface area contributed by atoms with Crippen LogP contribution in [-0.4, -0.2) is 46.5 Å². The van der Waals surface area contributed by atoms with Crippen molar-refractivity contribution in [2.45, 2.75) is 6.18 Å². The van der Waals surface area contributed by atoms with Gasteiger partial charge in [-0.2, -0.15) is 13.2 Å². The number of amides is 1. The van der Waals surface area contributed by atoms with Gasteiger partial charge in [0.25, 0.3) is 11.5 Å². The topological polar surface area (TPSA) is 78.4 Å². The largest absolute Gasteiger partial charge is 0.416 e. The number of benzene rings is 1. The molecule has 0 aliphatic carbocycles. The van der Waals surface area contributed by atoms with Crippen LogP contribution in [0.15, 0.2) is 40.1 Å². The molecule has 0 atom stereocenters. The lowest BCUT2D eigenvalue weighted by atomic mass is 10.1. The third kappa shape index (κ3) is 3.74. The summed E-state index contributed by atoms with van der Waals surface area (Å²) in [5, 5.41) is 0. The summed E-state index contributed by atoms with van der Waals surface area (Å²) in [6, 6.07) is 5.02. The number of nitrogens with one attached hydrogen (secondary N) is 1. The van der Waals surface area contributed by atoms with Crippen molar-refractivity contribution >= 4 is 11.6 Å². The van der Waals surface area contributed by atoms with E-state index in [-0.39, 0.29) is 18.7 Å². The number of carbonyl (C=O) groups excluding carboxylic acids is 1. The quantitative estimate of drug-likeness (QED) is 0.843. The third-order valence-electron chi connectivity index (χ3n) is 4.52. The van der Waals surface area contributed by atoms with Crippen LogP contribution >= 0.6 is 0 Å². The molecule has 1 amide bonds. The van der Waals surface area contributed by atoms with Gasteiger partial charge in [0, 0.05) is 45.1 Å². The van der Waals surface area contributed by atoms with E-state index in [9.17, 15) is 27.6 Å². The van der Waals surface area contributed by atoms with Gasteiger partial charge in [-0.05, 0) is 18.2 Å². The molecular weight excluding hydrogens is 365 g/mol. The summed E-state index contributed by atoms with van der Waals surface area (Å²) in [5.41, 5.74) is -1.76. The van der Waals surface area contributed by atoms with Crippen molar-refractivity contribution in [2.75, 3.05) is 31.1 Å². The number of alkyl halides is 3. The highest BCUT2D eigenvalue weighted by Gasteiger charge is 2.31. The number of nitrogens with zero attached hydrogens (tertiary/aromatic N) is 3. The summed E-state index contributed by atoms with van der Waals surface area (Å²) < 4.78 is 39.4. The number of hydrogen-bond acceptors (Lipinski definition) is 4. The van der Waals surface area contributed by atoms with E-state index < -0.39 is 28.9 Å². The lowest BCUT2D eigenvalue weighted by Gasteiger charge is -2.36. The molecule has 0 spiro atoms. The second-order valence-electron chi connectivity index (χ2n) is 6.20. The summed E-state index contributed by atoms with van der Waals surface area (Å²) in [6.07, 6.45) is -3.33. The summed E-state index contributed by atoms with van der Waals surface area (Å²) in [6.45, 7) is 1.15. The molecule has 0 bridgehead atoms. The minimum atomic E-state index is -4.42. The zero-order valence-electron chi connectivity index (χ0n) is 14.4. The Bertz CT molecular complexity index is 972. The molecule has 1 aliphatic heterocycles. The summed E-state index contributed by atoms with van der Waals surface area (Å²) in [5.74, 6) is -0.518. The Morgan fingerprint density at radius 2 is 1.78 bits per heavy atom. The van der Waals surface area contributed by atoms with Crippen LogP contribution in [0.5, 0.6) is 0 Å². The van der Waals surface area contributed by atoms with E-state index in [0.717, 1.165) is 22.9 Å². The second kappa shape index (κ2) is 6.93. The van der Waals surface area contributed by atoms with E-state index in [1.54, 1.807) is 11.0 Å². The average molecular weight is 382 g/mol. The summed E-state index contributed by atoms with van der Waals surface area (Å²) >= 11 is 0. The van der Waals surface area contributed by atoms with Crippen LogP contribution in [0.25, 0.3) is 0 Å². The molecule has 1 aromatic carbocycles. The Morgan fingerprint density at radius 1 is 1.11 bits per heavy atom. The predicted molar refractivity (Wildman–Crippen MR) is 91.9 cm³/mol. The third-order valence-corrected chi connectivity index (χ3v) is 4.52. The SMILES string of the molecule is Cn1c(=O)[nH]cc(C(=O)N2CCN(c3cccc(C(F)(F)F)c3)CC2)c1=O. The standard InChI is InChI=1S/C17H17F3N4O3/c1-22-14(25)13(10-21-16(22)27)15(26)24-7-5-23(6-8-24)12-4-2-3-11(9-12)17(18,19)20/h2-4,9-10H,5-8H2,1H3,(H,21,27). The zero-order valence-corrected chi connectivity index (χ0v) is 14.4. The summed E-state index contributed by atoms with van der Waals surface area (Å²) in [7, 11) is 1.27. The molecular formula is C17H17F3N4O3. The van der Waals surface area contributed by atoms with Gasteiger partial charge in [0.15, 0.2) is 0 Å². The first kappa shape index (κ1) is 18.7. The van der Waals surface area contributed by atoms with Gasteiger partial charge in [-0.15, -0.1) is 0 Å². The van der Waals surface area contributed by atoms with E-state index in [1.807, 2.05) is 0 Å². The minimum absolute atomic E-state index is 0.149. The Morgan fingerprint density at radius 3 is 2.41 bits per heavy atom. The van der Waals surface area contributed by atoms with E-state index >= 15 is 0 Å². The van der Waals surface area contributed by atoms with Crippen molar-refractivity contribution in [1.82, 2.24) is 14.5 Å². The maximum atomic E-state index is 12.9. The Balaban J connectivity index is 1.73. The molecule has 2 heterocycles. The molecule has 1 aromatic heterocycles. The van der Waals surface area contributed by atoms with E-state index in [0.29, 0.717) is 18.8 Å². The van der Waals surface area contributed by atoms with Gasteiger partial charge in [0.1, 0.15) is 5.56 Å². The van der Waals surface area contributed by atoms with Crippen molar-refractivity contribution in [1.29, 1.82) is 0 Å². The molecule has 1 fully saturated rings. The molecule has 3 rings (SSSR count). The fraction of sp³-hybridized carbons (Fsp3) is 0.353. The highest BCUT2D eigenvalue weighted by atomic mass is 19.4. The summed E-state index contributed by atoms with van der Waals surface area (Å²) in [4.78, 5) is 41.5. The van der Waals surface area contributed by atoms with Gasteiger partial charge in [-0.1, -0.05) is 6.07 Å². The molecule has 0 radical (unpaired) electrons. The highest BCUT2D eigenvalue weighted by molar-refractivity contribution is 5.93. The number of anilines is 1. The van der Waals surface area contributed by atoms with Crippen molar-refractivity contribution in [3.8, 4) is 0 Å². The number of hydrogen-bond donors (Lipinski definition) is 1. The molecule has 2 aromatic rings. The maximum Gasteiger partial charge on any atom is 0.416 e. The van der Waals surface area contributed by atoms with E-state index in [1.165, 1.54) is 18.0 Å². The van der Waals surface area contributed by atoms with Crippen LogP contribution < -0.4 is 16.1 Å². The molecule has 27 heavy (non-hydrogen) atoms. The Kier molecular flexibility index (Phi) is 4.81. The van der Waals surface area contributed by atoms with Crippen LogP contribution in [0.4, 0.5) is 18.9 Å². The van der Waals surface area contributed by atoms with Crippen LogP contribution in [-0.2, 0) is 13.2 Å².